The van der Waals surface area contributed by atoms with Crippen molar-refractivity contribution in [1.29, 1.82) is 0 Å². The number of thiazole rings is 1. The fraction of sp³-hybridized carbons (Fsp3) is 0.200. The predicted octanol–water partition coefficient (Wildman–Crippen LogP) is 4.17. The molecule has 3 aromatic rings. The van der Waals surface area contributed by atoms with E-state index in [4.69, 9.17) is 0 Å². The van der Waals surface area contributed by atoms with Gasteiger partial charge in [0, 0.05) is 30.7 Å². The van der Waals surface area contributed by atoms with Gasteiger partial charge in [0.1, 0.15) is 0 Å². The summed E-state index contributed by atoms with van der Waals surface area (Å²) in [4.78, 5) is 3.55. The lowest BCUT2D eigenvalue weighted by molar-refractivity contribution is -0.140. The number of hydrogen-bond acceptors (Lipinski definition) is 4. The Morgan fingerprint density at radius 3 is 2.74 bits per heavy atom. The monoisotopic (exact) mass is 338 g/mol. The molecule has 0 aliphatic rings. The summed E-state index contributed by atoms with van der Waals surface area (Å²) >= 11 is 0.944. The molecule has 23 heavy (non-hydrogen) atoms. The summed E-state index contributed by atoms with van der Waals surface area (Å²) in [5, 5.41) is 8.31. The van der Waals surface area contributed by atoms with E-state index in [0.717, 1.165) is 33.4 Å². The molecule has 0 bridgehead atoms. The fourth-order valence-electron chi connectivity index (χ4n) is 2.09. The minimum atomic E-state index is -4.41. The Kier molecular flexibility index (Phi) is 4.08. The van der Waals surface area contributed by atoms with Crippen molar-refractivity contribution in [2.45, 2.75) is 12.7 Å². The standard InChI is InChI=1S/C15H13F3N4S/c1-22-8-12(7-20-22)11-4-2-3-10(5-11)6-19-14-21-13(9-23-14)15(16,17)18/h2-5,7-9H,6H2,1H3,(H,19,21). The minimum absolute atomic E-state index is 0.254. The first-order valence-electron chi connectivity index (χ1n) is 6.76. The molecule has 3 rings (SSSR count). The van der Waals surface area contributed by atoms with Crippen molar-refractivity contribution in [1.82, 2.24) is 14.8 Å². The average molecular weight is 338 g/mol. The zero-order chi connectivity index (χ0) is 16.4. The largest absolute Gasteiger partial charge is 0.434 e. The highest BCUT2D eigenvalue weighted by Crippen LogP contribution is 2.31. The van der Waals surface area contributed by atoms with E-state index in [0.29, 0.717) is 6.54 Å². The number of hydrogen-bond donors (Lipinski definition) is 1. The summed E-state index contributed by atoms with van der Waals surface area (Å²) < 4.78 is 39.3. The number of nitrogens with zero attached hydrogens (tertiary/aromatic N) is 3. The van der Waals surface area contributed by atoms with Crippen LogP contribution in [0.3, 0.4) is 0 Å². The maximum atomic E-state index is 12.5. The molecule has 0 aliphatic heterocycles. The van der Waals surface area contributed by atoms with Crippen molar-refractivity contribution >= 4 is 16.5 Å². The molecule has 0 unspecified atom stereocenters. The van der Waals surface area contributed by atoms with Gasteiger partial charge in [-0.25, -0.2) is 4.98 Å². The van der Waals surface area contributed by atoms with Gasteiger partial charge in [-0.3, -0.25) is 4.68 Å². The molecule has 1 aromatic carbocycles. The van der Waals surface area contributed by atoms with E-state index < -0.39 is 11.9 Å². The molecule has 2 aromatic heterocycles. The highest BCUT2D eigenvalue weighted by Gasteiger charge is 2.33. The molecule has 0 fully saturated rings. The number of benzene rings is 1. The van der Waals surface area contributed by atoms with E-state index in [1.807, 2.05) is 37.5 Å². The molecule has 0 atom stereocenters. The Balaban J connectivity index is 1.70. The maximum Gasteiger partial charge on any atom is 0.434 e. The number of anilines is 1. The van der Waals surface area contributed by atoms with E-state index in [2.05, 4.69) is 15.4 Å². The zero-order valence-corrected chi connectivity index (χ0v) is 12.9. The SMILES string of the molecule is Cn1cc(-c2cccc(CNc3nc(C(F)(F)F)cs3)c2)cn1. The van der Waals surface area contributed by atoms with Crippen molar-refractivity contribution in [2.75, 3.05) is 5.32 Å². The highest BCUT2D eigenvalue weighted by molar-refractivity contribution is 7.13. The highest BCUT2D eigenvalue weighted by atomic mass is 32.1. The third kappa shape index (κ3) is 3.70. The quantitative estimate of drug-likeness (QED) is 0.776. The van der Waals surface area contributed by atoms with Crippen molar-refractivity contribution in [2.24, 2.45) is 7.05 Å². The lowest BCUT2D eigenvalue weighted by Gasteiger charge is -2.05. The Morgan fingerprint density at radius 2 is 2.09 bits per heavy atom. The number of alkyl halides is 3. The van der Waals surface area contributed by atoms with E-state index in [1.165, 1.54) is 0 Å². The first-order chi connectivity index (χ1) is 10.9. The van der Waals surface area contributed by atoms with Crippen molar-refractivity contribution in [3.63, 3.8) is 0 Å². The van der Waals surface area contributed by atoms with Crippen LogP contribution in [0.4, 0.5) is 18.3 Å². The van der Waals surface area contributed by atoms with Crippen LogP contribution in [0.1, 0.15) is 11.3 Å². The van der Waals surface area contributed by atoms with Gasteiger partial charge in [-0.05, 0) is 17.2 Å². The van der Waals surface area contributed by atoms with Crippen LogP contribution in [0.2, 0.25) is 0 Å². The first kappa shape index (κ1) is 15.5. The van der Waals surface area contributed by atoms with Crippen LogP contribution in [0.15, 0.2) is 42.0 Å². The predicted molar refractivity (Wildman–Crippen MR) is 83.1 cm³/mol. The molecule has 0 saturated carbocycles. The summed E-state index contributed by atoms with van der Waals surface area (Å²) in [5.74, 6) is 0. The summed E-state index contributed by atoms with van der Waals surface area (Å²) in [6, 6.07) is 7.75. The van der Waals surface area contributed by atoms with Crippen LogP contribution >= 0.6 is 11.3 Å². The Bertz CT molecular complexity index is 807. The van der Waals surface area contributed by atoms with E-state index in [1.54, 1.807) is 10.9 Å². The second kappa shape index (κ2) is 6.04. The first-order valence-corrected chi connectivity index (χ1v) is 7.64. The van der Waals surface area contributed by atoms with Crippen LogP contribution in [0, 0.1) is 0 Å². The molecule has 0 amide bonds. The van der Waals surface area contributed by atoms with Gasteiger partial charge in [0.25, 0.3) is 0 Å². The Hall–Kier alpha value is -2.35. The van der Waals surface area contributed by atoms with Gasteiger partial charge in [-0.15, -0.1) is 11.3 Å². The second-order valence-corrected chi connectivity index (χ2v) is 5.85. The topological polar surface area (TPSA) is 42.7 Å². The molecule has 8 heteroatoms. The zero-order valence-electron chi connectivity index (χ0n) is 12.1. The van der Waals surface area contributed by atoms with Gasteiger partial charge in [-0.2, -0.15) is 18.3 Å². The summed E-state index contributed by atoms with van der Waals surface area (Å²) in [6.45, 7) is 0.402. The molecule has 0 aliphatic carbocycles. The fourth-order valence-corrected chi connectivity index (χ4v) is 2.81. The smallest absolute Gasteiger partial charge is 0.357 e. The van der Waals surface area contributed by atoms with E-state index >= 15 is 0 Å². The van der Waals surface area contributed by atoms with Crippen molar-refractivity contribution in [3.8, 4) is 11.1 Å². The molecule has 0 spiro atoms. The normalized spacial score (nSPS) is 11.7. The van der Waals surface area contributed by atoms with Gasteiger partial charge in [0.15, 0.2) is 10.8 Å². The lowest BCUT2D eigenvalue weighted by atomic mass is 10.1. The van der Waals surface area contributed by atoms with Gasteiger partial charge >= 0.3 is 6.18 Å². The number of aromatic nitrogens is 3. The van der Waals surface area contributed by atoms with Gasteiger partial charge in [0.05, 0.1) is 6.20 Å². The van der Waals surface area contributed by atoms with Gasteiger partial charge in [0.2, 0.25) is 0 Å². The molecular weight excluding hydrogens is 325 g/mol. The molecular formula is C15H13F3N4S. The number of aryl methyl sites for hydroxylation is 1. The van der Waals surface area contributed by atoms with Gasteiger partial charge in [-0.1, -0.05) is 18.2 Å². The van der Waals surface area contributed by atoms with Crippen molar-refractivity contribution in [3.05, 3.63) is 53.3 Å². The molecule has 1 N–H and O–H groups in total. The third-order valence-corrected chi connectivity index (χ3v) is 4.00. The van der Waals surface area contributed by atoms with Crippen LogP contribution in [0.25, 0.3) is 11.1 Å². The van der Waals surface area contributed by atoms with Crippen LogP contribution < -0.4 is 5.32 Å². The molecule has 0 saturated heterocycles. The average Bonchev–Trinajstić information content (AvgIpc) is 3.14. The van der Waals surface area contributed by atoms with E-state index in [9.17, 15) is 13.2 Å². The number of rotatable bonds is 4. The Morgan fingerprint density at radius 1 is 1.26 bits per heavy atom. The van der Waals surface area contributed by atoms with Crippen LogP contribution in [-0.4, -0.2) is 14.8 Å². The molecule has 120 valence electrons. The number of nitrogens with one attached hydrogen (secondary N) is 1. The molecule has 4 nitrogen and oxygen atoms in total. The van der Waals surface area contributed by atoms with Crippen molar-refractivity contribution < 1.29 is 13.2 Å². The minimum Gasteiger partial charge on any atom is -0.357 e. The molecule has 0 radical (unpaired) electrons. The summed E-state index contributed by atoms with van der Waals surface area (Å²) in [5.41, 5.74) is 2.08. The third-order valence-electron chi connectivity index (χ3n) is 3.20. The Labute approximate surface area is 134 Å². The lowest BCUT2D eigenvalue weighted by Crippen LogP contribution is -2.06. The maximum absolute atomic E-state index is 12.5. The summed E-state index contributed by atoms with van der Waals surface area (Å²) in [7, 11) is 1.84. The summed E-state index contributed by atoms with van der Waals surface area (Å²) in [6.07, 6.45) is -0.734. The molecule has 2 heterocycles. The number of halogens is 3. The van der Waals surface area contributed by atoms with E-state index in [-0.39, 0.29) is 5.13 Å². The second-order valence-electron chi connectivity index (χ2n) is 4.99. The van der Waals surface area contributed by atoms with Crippen LogP contribution in [-0.2, 0) is 19.8 Å². The van der Waals surface area contributed by atoms with Crippen LogP contribution in [0.5, 0.6) is 0 Å². The van der Waals surface area contributed by atoms with Gasteiger partial charge < -0.3 is 5.32 Å².